The fourth-order valence-corrected chi connectivity index (χ4v) is 5.96. The maximum atomic E-state index is 13.0. The summed E-state index contributed by atoms with van der Waals surface area (Å²) in [6.45, 7) is 0. The molecule has 0 aliphatic heterocycles. The van der Waals surface area contributed by atoms with Gasteiger partial charge in [-0.05, 0) is 29.2 Å². The highest BCUT2D eigenvalue weighted by molar-refractivity contribution is 7.27. The second-order valence-electron chi connectivity index (χ2n) is 6.46. The summed E-state index contributed by atoms with van der Waals surface area (Å²) in [6, 6.07) is 15.2. The Kier molecular flexibility index (Phi) is 3.60. The molecular weight excluding hydrogens is 386 g/mol. The van der Waals surface area contributed by atoms with Crippen molar-refractivity contribution in [2.24, 2.45) is 7.05 Å². The van der Waals surface area contributed by atoms with E-state index in [1.54, 1.807) is 40.9 Å². The first kappa shape index (κ1) is 16.7. The Bertz CT molecular complexity index is 1450. The highest BCUT2D eigenvalue weighted by Crippen LogP contribution is 2.42. The van der Waals surface area contributed by atoms with E-state index >= 15 is 0 Å². The molecule has 0 spiro atoms. The Morgan fingerprint density at radius 2 is 1.82 bits per heavy atom. The molecule has 0 fully saturated rings. The number of carbonyl (C=O) groups excluding carboxylic acids is 1. The van der Waals surface area contributed by atoms with E-state index in [4.69, 9.17) is 0 Å². The predicted octanol–water partition coefficient (Wildman–Crippen LogP) is 5.54. The molecule has 0 unspecified atom stereocenters. The van der Waals surface area contributed by atoms with E-state index in [1.807, 2.05) is 31.3 Å². The van der Waals surface area contributed by atoms with Crippen molar-refractivity contribution >= 4 is 60.5 Å². The van der Waals surface area contributed by atoms with Crippen LogP contribution < -0.4 is 0 Å². The number of Topliss-reactive ketones (excluding diaryl/α,β-unsaturated/α-hetero) is 1. The van der Waals surface area contributed by atoms with E-state index in [0.717, 1.165) is 10.4 Å². The first-order valence-electron chi connectivity index (χ1n) is 8.50. The molecule has 0 N–H and O–H groups in total. The molecule has 1 aliphatic rings. The summed E-state index contributed by atoms with van der Waals surface area (Å²) < 4.78 is 4.57. The highest BCUT2D eigenvalue weighted by Gasteiger charge is 2.32. The van der Waals surface area contributed by atoms with Crippen molar-refractivity contribution in [3.8, 4) is 12.1 Å². The average Bonchev–Trinajstić information content (AvgIpc) is 3.44. The van der Waals surface area contributed by atoms with Crippen molar-refractivity contribution in [2.75, 3.05) is 0 Å². The van der Waals surface area contributed by atoms with Crippen LogP contribution in [0.2, 0.25) is 0 Å². The third-order valence-electron chi connectivity index (χ3n) is 5.02. The lowest BCUT2D eigenvalue weighted by atomic mass is 9.99. The van der Waals surface area contributed by atoms with E-state index in [2.05, 4.69) is 22.1 Å². The third kappa shape index (κ3) is 2.16. The minimum absolute atomic E-state index is 0.0358. The molecule has 3 aromatic heterocycles. The number of thiophene rings is 2. The highest BCUT2D eigenvalue weighted by atomic mass is 32.1. The Morgan fingerprint density at radius 1 is 1.07 bits per heavy atom. The van der Waals surface area contributed by atoms with Gasteiger partial charge in [-0.25, -0.2) is 0 Å². The number of nitriles is 2. The summed E-state index contributed by atoms with van der Waals surface area (Å²) in [5, 5.41) is 20.9. The summed E-state index contributed by atoms with van der Waals surface area (Å²) >= 11 is 3.32. The number of aryl methyl sites for hydroxylation is 1. The Balaban J connectivity index is 1.76. The van der Waals surface area contributed by atoms with Gasteiger partial charge in [0.1, 0.15) is 17.7 Å². The van der Waals surface area contributed by atoms with Crippen LogP contribution in [0.3, 0.4) is 0 Å². The van der Waals surface area contributed by atoms with Gasteiger partial charge >= 0.3 is 0 Å². The number of benzene rings is 1. The smallest absolute Gasteiger partial charge is 0.194 e. The van der Waals surface area contributed by atoms with E-state index in [0.29, 0.717) is 22.3 Å². The fraction of sp³-hybridized carbons (Fsp3) is 0.0455. The van der Waals surface area contributed by atoms with Gasteiger partial charge in [0.2, 0.25) is 0 Å². The van der Waals surface area contributed by atoms with Crippen molar-refractivity contribution in [1.29, 1.82) is 10.5 Å². The number of ketones is 1. The molecule has 4 nitrogen and oxygen atoms in total. The lowest BCUT2D eigenvalue weighted by Gasteiger charge is -2.01. The fourth-order valence-electron chi connectivity index (χ4n) is 3.74. The number of fused-ring (bicyclic) bond motifs is 4. The van der Waals surface area contributed by atoms with Gasteiger partial charge in [-0.1, -0.05) is 24.3 Å². The molecule has 0 saturated heterocycles. The molecule has 0 saturated carbocycles. The molecule has 4 aromatic rings. The Hall–Kier alpha value is -3.45. The van der Waals surface area contributed by atoms with Gasteiger partial charge in [-0.2, -0.15) is 10.5 Å². The summed E-state index contributed by atoms with van der Waals surface area (Å²) in [5.41, 5.74) is 4.32. The first-order valence-corrected chi connectivity index (χ1v) is 10.2. The molecule has 6 heteroatoms. The average molecular weight is 397 g/mol. The Morgan fingerprint density at radius 3 is 2.57 bits per heavy atom. The minimum atomic E-state index is -0.146. The number of hydrogen-bond donors (Lipinski definition) is 0. The number of carbonyl (C=O) groups is 1. The van der Waals surface area contributed by atoms with Gasteiger partial charge in [-0.15, -0.1) is 22.7 Å². The zero-order valence-corrected chi connectivity index (χ0v) is 16.3. The standard InChI is InChI=1S/C22H11N3OS2/c1-25-17-6-7-27-21(17)22-18(25)9-13(28-22)8-16-19(12(10-23)11-24)14-4-2-3-5-15(14)20(16)26/h2-9H,1H3/b16-8-. The van der Waals surface area contributed by atoms with E-state index < -0.39 is 0 Å². The van der Waals surface area contributed by atoms with Crippen molar-refractivity contribution in [3.05, 3.63) is 68.9 Å². The third-order valence-corrected chi connectivity index (χ3v) is 7.16. The summed E-state index contributed by atoms with van der Waals surface area (Å²) in [7, 11) is 2.03. The molecule has 0 atom stereocenters. The monoisotopic (exact) mass is 397 g/mol. The van der Waals surface area contributed by atoms with Crippen molar-refractivity contribution < 1.29 is 4.79 Å². The molecule has 1 aromatic carbocycles. The van der Waals surface area contributed by atoms with Crippen LogP contribution in [0.25, 0.3) is 32.1 Å². The maximum Gasteiger partial charge on any atom is 0.194 e. The zero-order valence-electron chi connectivity index (χ0n) is 14.7. The number of aromatic nitrogens is 1. The van der Waals surface area contributed by atoms with Crippen LogP contribution in [-0.4, -0.2) is 10.4 Å². The molecule has 3 heterocycles. The number of nitrogens with zero attached hydrogens (tertiary/aromatic N) is 3. The quantitative estimate of drug-likeness (QED) is 0.313. The van der Waals surface area contributed by atoms with Crippen molar-refractivity contribution in [2.45, 2.75) is 0 Å². The van der Waals surface area contributed by atoms with Gasteiger partial charge in [0.25, 0.3) is 0 Å². The van der Waals surface area contributed by atoms with Crippen LogP contribution in [0.4, 0.5) is 0 Å². The van der Waals surface area contributed by atoms with Crippen molar-refractivity contribution in [3.63, 3.8) is 0 Å². The van der Waals surface area contributed by atoms with E-state index in [-0.39, 0.29) is 11.4 Å². The molecule has 0 bridgehead atoms. The molecular formula is C22H11N3OS2. The van der Waals surface area contributed by atoms with Crippen LogP contribution in [0.15, 0.2) is 52.9 Å². The van der Waals surface area contributed by atoms with Gasteiger partial charge < -0.3 is 4.57 Å². The van der Waals surface area contributed by atoms with Gasteiger partial charge in [0.15, 0.2) is 5.78 Å². The largest absolute Gasteiger partial charge is 0.342 e. The molecule has 0 radical (unpaired) electrons. The first-order chi connectivity index (χ1) is 13.6. The second-order valence-corrected chi connectivity index (χ2v) is 8.46. The predicted molar refractivity (Wildman–Crippen MR) is 113 cm³/mol. The van der Waals surface area contributed by atoms with Crippen molar-refractivity contribution in [1.82, 2.24) is 4.57 Å². The maximum absolute atomic E-state index is 13.0. The van der Waals surface area contributed by atoms with Crippen LogP contribution in [0.5, 0.6) is 0 Å². The molecule has 28 heavy (non-hydrogen) atoms. The zero-order chi connectivity index (χ0) is 19.4. The van der Waals surface area contributed by atoms with Gasteiger partial charge in [0, 0.05) is 28.6 Å². The normalized spacial score (nSPS) is 14.6. The van der Waals surface area contributed by atoms with Crippen LogP contribution >= 0.6 is 22.7 Å². The lowest BCUT2D eigenvalue weighted by molar-refractivity contribution is 0.104. The number of hydrogen-bond acceptors (Lipinski definition) is 5. The molecule has 5 rings (SSSR count). The summed E-state index contributed by atoms with van der Waals surface area (Å²) in [6.07, 6.45) is 1.82. The molecule has 132 valence electrons. The van der Waals surface area contributed by atoms with Crippen LogP contribution in [0.1, 0.15) is 20.8 Å². The van der Waals surface area contributed by atoms with Gasteiger partial charge in [-0.3, -0.25) is 4.79 Å². The summed E-state index contributed by atoms with van der Waals surface area (Å²) in [4.78, 5) is 13.9. The molecule has 0 amide bonds. The lowest BCUT2D eigenvalue weighted by Crippen LogP contribution is -1.95. The van der Waals surface area contributed by atoms with Crippen LogP contribution in [-0.2, 0) is 7.05 Å². The topological polar surface area (TPSA) is 69.6 Å². The number of rotatable bonds is 1. The van der Waals surface area contributed by atoms with Crippen LogP contribution in [0, 0.1) is 22.7 Å². The Labute approximate surface area is 168 Å². The van der Waals surface area contributed by atoms with Gasteiger partial charge in [0.05, 0.1) is 20.4 Å². The van der Waals surface area contributed by atoms with E-state index in [9.17, 15) is 15.3 Å². The second kappa shape index (κ2) is 6.03. The SMILES string of the molecule is Cn1c2ccsc2c2sc(/C=C3\C(=O)c4ccccc4C3=C(C#N)C#N)cc21. The summed E-state index contributed by atoms with van der Waals surface area (Å²) in [5.74, 6) is -0.146. The minimum Gasteiger partial charge on any atom is -0.342 e. The van der Waals surface area contributed by atoms with E-state index in [1.165, 1.54) is 14.9 Å². The number of allylic oxidation sites excluding steroid dienone is 3. The molecule has 1 aliphatic carbocycles.